The third-order valence-corrected chi connectivity index (χ3v) is 8.76. The van der Waals surface area contributed by atoms with Crippen molar-refractivity contribution in [1.82, 2.24) is 0 Å². The Morgan fingerprint density at radius 2 is 1.07 bits per heavy atom. The van der Waals surface area contributed by atoms with Crippen LogP contribution in [-0.4, -0.2) is 0 Å². The predicted octanol–water partition coefficient (Wildman–Crippen LogP) is 9.32. The predicted molar refractivity (Wildman–Crippen MR) is 128 cm³/mol. The summed E-state index contributed by atoms with van der Waals surface area (Å²) >= 11 is 0. The van der Waals surface area contributed by atoms with Gasteiger partial charge in [-0.1, -0.05) is 95.5 Å². The molecule has 0 spiro atoms. The van der Waals surface area contributed by atoms with Gasteiger partial charge in [-0.2, -0.15) is 0 Å². The van der Waals surface area contributed by atoms with Crippen molar-refractivity contribution in [1.29, 1.82) is 0 Å². The molecule has 0 atom stereocenters. The zero-order valence-electron chi connectivity index (χ0n) is 20.0. The van der Waals surface area contributed by atoms with Crippen LogP contribution in [0.3, 0.4) is 0 Å². The summed E-state index contributed by atoms with van der Waals surface area (Å²) in [6, 6.07) is 9.29. The highest BCUT2D eigenvalue weighted by atomic mass is 14.4. The number of aryl methyl sites for hydroxylation is 1. The van der Waals surface area contributed by atoms with Crippen molar-refractivity contribution >= 4 is 0 Å². The van der Waals surface area contributed by atoms with Gasteiger partial charge in [0.2, 0.25) is 0 Å². The molecule has 0 saturated heterocycles. The van der Waals surface area contributed by atoms with Gasteiger partial charge in [0.25, 0.3) is 0 Å². The van der Waals surface area contributed by atoms with Gasteiger partial charge in [0.15, 0.2) is 0 Å². The van der Waals surface area contributed by atoms with Crippen LogP contribution in [0.15, 0.2) is 24.3 Å². The van der Waals surface area contributed by atoms with Crippen LogP contribution in [0.5, 0.6) is 0 Å². The van der Waals surface area contributed by atoms with Crippen molar-refractivity contribution in [2.45, 2.75) is 117 Å². The Morgan fingerprint density at radius 3 is 1.55 bits per heavy atom. The lowest BCUT2D eigenvalue weighted by molar-refractivity contribution is 0.165. The van der Waals surface area contributed by atoms with Gasteiger partial charge in [-0.15, -0.1) is 0 Å². The Morgan fingerprint density at radius 1 is 0.621 bits per heavy atom. The van der Waals surface area contributed by atoms with Gasteiger partial charge < -0.3 is 0 Å². The molecule has 3 aliphatic carbocycles. The van der Waals surface area contributed by atoms with Crippen molar-refractivity contribution in [2.75, 3.05) is 0 Å². The monoisotopic (exact) mass is 396 g/mol. The highest BCUT2D eigenvalue weighted by molar-refractivity contribution is 5.24. The second kappa shape index (κ2) is 11.6. The SMILES string of the molecule is CCC1CCC(C)CC1.Cc1ccc(C2CCC(C3CCC(C)CC3)CC2)cc1. The fraction of sp³-hybridized carbons (Fsp3) is 0.793. The molecule has 1 aromatic carbocycles. The molecule has 3 fully saturated rings. The highest BCUT2D eigenvalue weighted by Crippen LogP contribution is 2.43. The number of hydrogen-bond donors (Lipinski definition) is 0. The molecule has 164 valence electrons. The highest BCUT2D eigenvalue weighted by Gasteiger charge is 2.30. The van der Waals surface area contributed by atoms with E-state index in [1.807, 2.05) is 0 Å². The average molecular weight is 397 g/mol. The second-order valence-electron chi connectivity index (χ2n) is 11.1. The van der Waals surface area contributed by atoms with Crippen LogP contribution in [0, 0.1) is 36.5 Å². The van der Waals surface area contributed by atoms with E-state index in [0.29, 0.717) is 0 Å². The largest absolute Gasteiger partial charge is 0.0651 e. The number of benzene rings is 1. The van der Waals surface area contributed by atoms with E-state index >= 15 is 0 Å². The van der Waals surface area contributed by atoms with E-state index in [-0.39, 0.29) is 0 Å². The Hall–Kier alpha value is -0.780. The minimum Gasteiger partial charge on any atom is -0.0651 e. The molecule has 0 nitrogen and oxygen atoms in total. The average Bonchev–Trinajstić information content (AvgIpc) is 2.76. The van der Waals surface area contributed by atoms with Crippen LogP contribution in [-0.2, 0) is 0 Å². The van der Waals surface area contributed by atoms with E-state index in [2.05, 4.69) is 52.0 Å². The Kier molecular flexibility index (Phi) is 9.13. The third-order valence-electron chi connectivity index (χ3n) is 8.76. The molecule has 0 heteroatoms. The van der Waals surface area contributed by atoms with Gasteiger partial charge in [0.05, 0.1) is 0 Å². The number of hydrogen-bond acceptors (Lipinski definition) is 0. The van der Waals surface area contributed by atoms with Crippen molar-refractivity contribution in [2.24, 2.45) is 29.6 Å². The minimum absolute atomic E-state index is 0.842. The Labute approximate surface area is 182 Å². The zero-order chi connectivity index (χ0) is 20.6. The Balaban J connectivity index is 0.000000224. The van der Waals surface area contributed by atoms with Crippen LogP contribution in [0.25, 0.3) is 0 Å². The molecule has 3 aliphatic rings. The molecule has 0 heterocycles. The quantitative estimate of drug-likeness (QED) is 0.477. The maximum Gasteiger partial charge on any atom is -0.0162 e. The third kappa shape index (κ3) is 7.15. The summed E-state index contributed by atoms with van der Waals surface area (Å²) in [6.07, 6.45) is 19.2. The van der Waals surface area contributed by atoms with Crippen LogP contribution < -0.4 is 0 Å². The van der Waals surface area contributed by atoms with Crippen molar-refractivity contribution < 1.29 is 0 Å². The molecule has 4 rings (SSSR count). The molecule has 0 aliphatic heterocycles. The van der Waals surface area contributed by atoms with Crippen molar-refractivity contribution in [3.8, 4) is 0 Å². The zero-order valence-corrected chi connectivity index (χ0v) is 20.0. The summed E-state index contributed by atoms with van der Waals surface area (Å²) in [5, 5.41) is 0. The molecule has 0 bridgehead atoms. The molecular weight excluding hydrogens is 348 g/mol. The van der Waals surface area contributed by atoms with Crippen molar-refractivity contribution in [3.63, 3.8) is 0 Å². The first-order chi connectivity index (χ1) is 14.0. The van der Waals surface area contributed by atoms with E-state index in [0.717, 1.165) is 35.5 Å². The van der Waals surface area contributed by atoms with Crippen LogP contribution in [0.2, 0.25) is 0 Å². The first-order valence-corrected chi connectivity index (χ1v) is 13.1. The molecule has 0 radical (unpaired) electrons. The normalized spacial score (nSPS) is 35.4. The molecular formula is C29H48. The lowest BCUT2D eigenvalue weighted by atomic mass is 9.68. The van der Waals surface area contributed by atoms with E-state index in [1.165, 1.54) is 89.0 Å². The molecule has 1 aromatic rings. The standard InChI is InChI=1S/C20H30.C9H18/c1-15-3-7-17(8-4-15)19-11-13-20(14-12-19)18-9-5-16(2)6-10-18;1-3-9-6-4-8(2)5-7-9/h3-4,7-8,16,18-20H,5-6,9-14H2,1-2H3;8-9H,3-7H2,1-2H3. The molecule has 0 unspecified atom stereocenters. The Bertz CT molecular complexity index is 546. The van der Waals surface area contributed by atoms with Gasteiger partial charge in [-0.3, -0.25) is 0 Å². The minimum atomic E-state index is 0.842. The van der Waals surface area contributed by atoms with Gasteiger partial charge in [-0.25, -0.2) is 0 Å². The summed E-state index contributed by atoms with van der Waals surface area (Å²) < 4.78 is 0. The summed E-state index contributed by atoms with van der Waals surface area (Å²) in [6.45, 7) is 9.32. The summed E-state index contributed by atoms with van der Waals surface area (Å²) in [7, 11) is 0. The maximum atomic E-state index is 2.44. The van der Waals surface area contributed by atoms with Crippen LogP contribution in [0.1, 0.15) is 121 Å². The summed E-state index contributed by atoms with van der Waals surface area (Å²) in [5.74, 6) is 6.04. The van der Waals surface area contributed by atoms with Crippen LogP contribution >= 0.6 is 0 Å². The summed E-state index contributed by atoms with van der Waals surface area (Å²) in [4.78, 5) is 0. The van der Waals surface area contributed by atoms with E-state index in [1.54, 1.807) is 5.56 Å². The first-order valence-electron chi connectivity index (χ1n) is 13.1. The molecule has 29 heavy (non-hydrogen) atoms. The van der Waals surface area contributed by atoms with Gasteiger partial charge in [-0.05, 0) is 86.5 Å². The smallest absolute Gasteiger partial charge is 0.0162 e. The van der Waals surface area contributed by atoms with Gasteiger partial charge in [0, 0.05) is 0 Å². The van der Waals surface area contributed by atoms with Crippen LogP contribution in [0.4, 0.5) is 0 Å². The maximum absolute atomic E-state index is 2.44. The molecule has 0 N–H and O–H groups in total. The molecule has 0 amide bonds. The fourth-order valence-electron chi connectivity index (χ4n) is 6.26. The second-order valence-corrected chi connectivity index (χ2v) is 11.1. The lowest BCUT2D eigenvalue weighted by Crippen LogP contribution is -2.24. The first kappa shape index (κ1) is 22.9. The number of rotatable bonds is 3. The summed E-state index contributed by atoms with van der Waals surface area (Å²) in [5.41, 5.74) is 2.98. The van der Waals surface area contributed by atoms with E-state index in [4.69, 9.17) is 0 Å². The van der Waals surface area contributed by atoms with Gasteiger partial charge >= 0.3 is 0 Å². The van der Waals surface area contributed by atoms with E-state index < -0.39 is 0 Å². The van der Waals surface area contributed by atoms with Gasteiger partial charge in [0.1, 0.15) is 0 Å². The topological polar surface area (TPSA) is 0 Å². The van der Waals surface area contributed by atoms with Crippen molar-refractivity contribution in [3.05, 3.63) is 35.4 Å². The fourth-order valence-corrected chi connectivity index (χ4v) is 6.26. The lowest BCUT2D eigenvalue weighted by Gasteiger charge is -2.37. The van der Waals surface area contributed by atoms with E-state index in [9.17, 15) is 0 Å². The molecule has 3 saturated carbocycles. The molecule has 0 aromatic heterocycles.